The second-order valence-corrected chi connectivity index (χ2v) is 2.72. The van der Waals surface area contributed by atoms with Crippen molar-refractivity contribution >= 4 is 0 Å². The molecule has 10 heavy (non-hydrogen) atoms. The third-order valence-electron chi connectivity index (χ3n) is 1.88. The smallest absolute Gasteiger partial charge is 0.0200 e. The summed E-state index contributed by atoms with van der Waals surface area (Å²) in [6.07, 6.45) is 6.55. The van der Waals surface area contributed by atoms with E-state index in [0.29, 0.717) is 5.92 Å². The van der Waals surface area contributed by atoms with Crippen LogP contribution in [0.4, 0.5) is 0 Å². The van der Waals surface area contributed by atoms with Gasteiger partial charge >= 0.3 is 0 Å². The highest BCUT2D eigenvalue weighted by Crippen LogP contribution is 2.15. The lowest BCUT2D eigenvalue weighted by Gasteiger charge is -2.09. The van der Waals surface area contributed by atoms with Crippen LogP contribution in [0.1, 0.15) is 33.6 Å². The summed E-state index contributed by atoms with van der Waals surface area (Å²) >= 11 is 0. The van der Waals surface area contributed by atoms with Crippen molar-refractivity contribution in [1.29, 1.82) is 0 Å². The molecule has 0 saturated carbocycles. The van der Waals surface area contributed by atoms with E-state index in [1.807, 2.05) is 0 Å². The fourth-order valence-electron chi connectivity index (χ4n) is 0.855. The van der Waals surface area contributed by atoms with Gasteiger partial charge in [0, 0.05) is 0 Å². The molecule has 0 nitrogen and oxygen atoms in total. The van der Waals surface area contributed by atoms with Crippen LogP contribution >= 0.6 is 0 Å². The van der Waals surface area contributed by atoms with Gasteiger partial charge in [0.15, 0.2) is 0 Å². The number of hydrogen-bond donors (Lipinski definition) is 0. The zero-order chi connectivity index (χ0) is 7.98. The van der Waals surface area contributed by atoms with Gasteiger partial charge in [0.2, 0.25) is 0 Å². The van der Waals surface area contributed by atoms with E-state index in [4.69, 9.17) is 0 Å². The van der Waals surface area contributed by atoms with Crippen molar-refractivity contribution in [2.75, 3.05) is 0 Å². The molecule has 0 aliphatic carbocycles. The standard InChI is InChI=1S/C10H18/c1-5-7-8-10(4)9(3)6-2/h5,7,10H,3,6,8H2,1-2,4H3/b7-5-. The molecule has 0 aliphatic heterocycles. The minimum absolute atomic E-state index is 0.654. The first-order chi connectivity index (χ1) is 4.72. The van der Waals surface area contributed by atoms with E-state index in [9.17, 15) is 0 Å². The van der Waals surface area contributed by atoms with Crippen LogP contribution in [0.3, 0.4) is 0 Å². The van der Waals surface area contributed by atoms with E-state index < -0.39 is 0 Å². The first-order valence-corrected chi connectivity index (χ1v) is 4.01. The molecule has 0 heterocycles. The number of allylic oxidation sites excluding steroid dienone is 3. The van der Waals surface area contributed by atoms with Crippen molar-refractivity contribution in [3.05, 3.63) is 24.3 Å². The van der Waals surface area contributed by atoms with Crippen LogP contribution in [0.25, 0.3) is 0 Å². The van der Waals surface area contributed by atoms with Gasteiger partial charge in [-0.15, -0.1) is 0 Å². The Balaban J connectivity index is 3.61. The normalized spacial score (nSPS) is 13.9. The molecule has 1 unspecified atom stereocenters. The first kappa shape index (κ1) is 9.48. The molecular formula is C10H18. The molecule has 0 rings (SSSR count). The van der Waals surface area contributed by atoms with Crippen LogP contribution in [-0.4, -0.2) is 0 Å². The fraction of sp³-hybridized carbons (Fsp3) is 0.600. The third kappa shape index (κ3) is 3.49. The predicted octanol–water partition coefficient (Wildman–Crippen LogP) is 3.55. The van der Waals surface area contributed by atoms with Gasteiger partial charge in [-0.25, -0.2) is 0 Å². The maximum Gasteiger partial charge on any atom is -0.0200 e. The van der Waals surface area contributed by atoms with E-state index >= 15 is 0 Å². The highest BCUT2D eigenvalue weighted by molar-refractivity contribution is 5.00. The maximum absolute atomic E-state index is 3.99. The zero-order valence-electron chi connectivity index (χ0n) is 7.35. The van der Waals surface area contributed by atoms with Crippen LogP contribution < -0.4 is 0 Å². The minimum atomic E-state index is 0.654. The summed E-state index contributed by atoms with van der Waals surface area (Å²) in [7, 11) is 0. The van der Waals surface area contributed by atoms with Crippen molar-refractivity contribution < 1.29 is 0 Å². The summed E-state index contributed by atoms with van der Waals surface area (Å²) in [6.45, 7) is 10.4. The van der Waals surface area contributed by atoms with Crippen molar-refractivity contribution in [3.63, 3.8) is 0 Å². The first-order valence-electron chi connectivity index (χ1n) is 4.01. The summed E-state index contributed by atoms with van der Waals surface area (Å²) < 4.78 is 0. The molecule has 0 radical (unpaired) electrons. The summed E-state index contributed by atoms with van der Waals surface area (Å²) in [5, 5.41) is 0. The van der Waals surface area contributed by atoms with Crippen molar-refractivity contribution in [2.45, 2.75) is 33.6 Å². The third-order valence-corrected chi connectivity index (χ3v) is 1.88. The Morgan fingerprint density at radius 2 is 2.20 bits per heavy atom. The highest BCUT2D eigenvalue weighted by atomic mass is 14.1. The van der Waals surface area contributed by atoms with Crippen LogP contribution in [0.5, 0.6) is 0 Å². The lowest BCUT2D eigenvalue weighted by atomic mass is 9.97. The minimum Gasteiger partial charge on any atom is -0.0996 e. The van der Waals surface area contributed by atoms with Crippen LogP contribution in [-0.2, 0) is 0 Å². The lowest BCUT2D eigenvalue weighted by Crippen LogP contribution is -1.94. The Kier molecular flexibility index (Phi) is 5.00. The predicted molar refractivity (Wildman–Crippen MR) is 48.0 cm³/mol. The highest BCUT2D eigenvalue weighted by Gasteiger charge is 2.00. The lowest BCUT2D eigenvalue weighted by molar-refractivity contribution is 0.671. The number of rotatable bonds is 4. The SMILES string of the molecule is C=C(CC)C(C)C/C=C\C. The monoisotopic (exact) mass is 138 g/mol. The maximum atomic E-state index is 3.99. The van der Waals surface area contributed by atoms with E-state index in [-0.39, 0.29) is 0 Å². The van der Waals surface area contributed by atoms with E-state index in [2.05, 4.69) is 39.5 Å². The molecule has 0 amide bonds. The molecule has 0 aliphatic rings. The van der Waals surface area contributed by atoms with Gasteiger partial charge in [-0.2, -0.15) is 0 Å². The molecule has 0 N–H and O–H groups in total. The molecule has 0 spiro atoms. The molecule has 58 valence electrons. The molecule has 0 aromatic carbocycles. The molecule has 0 heteroatoms. The summed E-state index contributed by atoms with van der Waals surface area (Å²) in [4.78, 5) is 0. The average Bonchev–Trinajstić information content (AvgIpc) is 1.98. The van der Waals surface area contributed by atoms with Gasteiger partial charge in [-0.3, -0.25) is 0 Å². The zero-order valence-corrected chi connectivity index (χ0v) is 7.35. The Morgan fingerprint density at radius 1 is 1.60 bits per heavy atom. The molecule has 0 aromatic heterocycles. The molecular weight excluding hydrogens is 120 g/mol. The second kappa shape index (κ2) is 5.28. The molecule has 0 aromatic rings. The van der Waals surface area contributed by atoms with Gasteiger partial charge in [0.25, 0.3) is 0 Å². The van der Waals surface area contributed by atoms with Crippen molar-refractivity contribution in [2.24, 2.45) is 5.92 Å². The molecule has 0 bridgehead atoms. The Morgan fingerprint density at radius 3 is 2.60 bits per heavy atom. The van der Waals surface area contributed by atoms with Crippen molar-refractivity contribution in [1.82, 2.24) is 0 Å². The van der Waals surface area contributed by atoms with Crippen LogP contribution in [0, 0.1) is 5.92 Å². The topological polar surface area (TPSA) is 0 Å². The van der Waals surface area contributed by atoms with E-state index in [0.717, 1.165) is 12.8 Å². The van der Waals surface area contributed by atoms with E-state index in [1.165, 1.54) is 5.57 Å². The molecule has 1 atom stereocenters. The molecule has 0 saturated heterocycles. The van der Waals surface area contributed by atoms with E-state index in [1.54, 1.807) is 0 Å². The van der Waals surface area contributed by atoms with Gasteiger partial charge in [-0.1, -0.05) is 38.2 Å². The second-order valence-electron chi connectivity index (χ2n) is 2.72. The summed E-state index contributed by atoms with van der Waals surface area (Å²) in [5.74, 6) is 0.654. The Hall–Kier alpha value is -0.520. The van der Waals surface area contributed by atoms with Gasteiger partial charge in [-0.05, 0) is 25.7 Å². The fourth-order valence-corrected chi connectivity index (χ4v) is 0.855. The van der Waals surface area contributed by atoms with Gasteiger partial charge in [0.05, 0.1) is 0 Å². The largest absolute Gasteiger partial charge is 0.0996 e. The number of hydrogen-bond acceptors (Lipinski definition) is 0. The van der Waals surface area contributed by atoms with Crippen molar-refractivity contribution in [3.8, 4) is 0 Å². The Labute approximate surface area is 64.6 Å². The van der Waals surface area contributed by atoms with Gasteiger partial charge < -0.3 is 0 Å². The van der Waals surface area contributed by atoms with Crippen LogP contribution in [0.2, 0.25) is 0 Å². The summed E-state index contributed by atoms with van der Waals surface area (Å²) in [5.41, 5.74) is 1.36. The van der Waals surface area contributed by atoms with Gasteiger partial charge in [0.1, 0.15) is 0 Å². The average molecular weight is 138 g/mol. The summed E-state index contributed by atoms with van der Waals surface area (Å²) in [6, 6.07) is 0. The quantitative estimate of drug-likeness (QED) is 0.521. The molecule has 0 fully saturated rings. The van der Waals surface area contributed by atoms with Crippen LogP contribution in [0.15, 0.2) is 24.3 Å². The Bertz CT molecular complexity index is 120.